The lowest BCUT2D eigenvalue weighted by atomic mass is 10.3. The molecule has 0 saturated carbocycles. The van der Waals surface area contributed by atoms with E-state index in [1.54, 1.807) is 38.4 Å². The van der Waals surface area contributed by atoms with Crippen LogP contribution in [0, 0.1) is 0 Å². The summed E-state index contributed by atoms with van der Waals surface area (Å²) >= 11 is 0. The SMILES string of the molecule is CN(C)C(=O)COc1ccc(NC(=O)CCNS(C)(=O)=O)cc1. The van der Waals surface area contributed by atoms with Gasteiger partial charge in [0.25, 0.3) is 5.91 Å². The Kier molecular flexibility index (Phi) is 6.98. The first kappa shape index (κ1) is 18.9. The number of nitrogens with one attached hydrogen (secondary N) is 2. The molecule has 0 fully saturated rings. The average molecular weight is 343 g/mol. The number of rotatable bonds is 8. The van der Waals surface area contributed by atoms with Crippen molar-refractivity contribution in [1.82, 2.24) is 9.62 Å². The van der Waals surface area contributed by atoms with E-state index in [1.807, 2.05) is 0 Å². The van der Waals surface area contributed by atoms with Crippen molar-refractivity contribution in [2.75, 3.05) is 38.8 Å². The molecule has 0 unspecified atom stereocenters. The van der Waals surface area contributed by atoms with Gasteiger partial charge in [-0.15, -0.1) is 0 Å². The molecule has 0 aliphatic heterocycles. The molecule has 0 aliphatic carbocycles. The second-order valence-corrected chi connectivity index (χ2v) is 6.90. The Labute approximate surface area is 135 Å². The van der Waals surface area contributed by atoms with Crippen molar-refractivity contribution in [3.63, 3.8) is 0 Å². The normalized spacial score (nSPS) is 10.9. The third-order valence-corrected chi connectivity index (χ3v) is 3.44. The molecule has 0 saturated heterocycles. The van der Waals surface area contributed by atoms with Crippen LogP contribution in [0.4, 0.5) is 5.69 Å². The molecule has 9 heteroatoms. The Balaban J connectivity index is 2.41. The van der Waals surface area contributed by atoms with Gasteiger partial charge >= 0.3 is 0 Å². The average Bonchev–Trinajstić information content (AvgIpc) is 2.44. The van der Waals surface area contributed by atoms with E-state index in [0.717, 1.165) is 6.26 Å². The van der Waals surface area contributed by atoms with Crippen LogP contribution in [0.5, 0.6) is 5.75 Å². The van der Waals surface area contributed by atoms with Gasteiger partial charge < -0.3 is 15.0 Å². The van der Waals surface area contributed by atoms with Crippen LogP contribution in [0.2, 0.25) is 0 Å². The summed E-state index contributed by atoms with van der Waals surface area (Å²) in [4.78, 5) is 24.5. The van der Waals surface area contributed by atoms with E-state index in [1.165, 1.54) is 4.90 Å². The number of amides is 2. The molecule has 0 heterocycles. The van der Waals surface area contributed by atoms with E-state index < -0.39 is 10.0 Å². The first-order valence-corrected chi connectivity index (χ1v) is 8.74. The molecule has 2 N–H and O–H groups in total. The lowest BCUT2D eigenvalue weighted by Gasteiger charge is -2.11. The maximum atomic E-state index is 11.6. The van der Waals surface area contributed by atoms with Gasteiger partial charge in [-0.05, 0) is 24.3 Å². The van der Waals surface area contributed by atoms with Gasteiger partial charge in [0.1, 0.15) is 5.75 Å². The quantitative estimate of drug-likeness (QED) is 0.693. The molecule has 1 rings (SSSR count). The van der Waals surface area contributed by atoms with Crippen molar-refractivity contribution in [2.45, 2.75) is 6.42 Å². The van der Waals surface area contributed by atoms with Crippen LogP contribution in [-0.4, -0.2) is 58.6 Å². The van der Waals surface area contributed by atoms with Gasteiger partial charge in [0.15, 0.2) is 6.61 Å². The Bertz CT molecular complexity index is 641. The molecule has 2 amide bonds. The standard InChI is InChI=1S/C14H21N3O5S/c1-17(2)14(19)10-22-12-6-4-11(5-7-12)16-13(18)8-9-15-23(3,20)21/h4-7,15H,8-10H2,1-3H3,(H,16,18). The number of anilines is 1. The largest absolute Gasteiger partial charge is 0.484 e. The molecule has 23 heavy (non-hydrogen) atoms. The number of carbonyl (C=O) groups is 2. The Morgan fingerprint density at radius 1 is 1.17 bits per heavy atom. The predicted molar refractivity (Wildman–Crippen MR) is 86.7 cm³/mol. The highest BCUT2D eigenvalue weighted by Gasteiger charge is 2.07. The van der Waals surface area contributed by atoms with Gasteiger partial charge in [-0.1, -0.05) is 0 Å². The van der Waals surface area contributed by atoms with Gasteiger partial charge in [-0.3, -0.25) is 9.59 Å². The summed E-state index contributed by atoms with van der Waals surface area (Å²) in [6.45, 7) is -0.0195. The van der Waals surface area contributed by atoms with Crippen LogP contribution >= 0.6 is 0 Å². The Morgan fingerprint density at radius 2 is 1.78 bits per heavy atom. The lowest BCUT2D eigenvalue weighted by Crippen LogP contribution is -2.27. The zero-order valence-corrected chi connectivity index (χ0v) is 14.1. The number of ether oxygens (including phenoxy) is 1. The highest BCUT2D eigenvalue weighted by molar-refractivity contribution is 7.88. The molecule has 0 aromatic heterocycles. The molecular weight excluding hydrogens is 322 g/mol. The summed E-state index contributed by atoms with van der Waals surface area (Å²) in [6.07, 6.45) is 1.06. The highest BCUT2D eigenvalue weighted by Crippen LogP contribution is 2.15. The highest BCUT2D eigenvalue weighted by atomic mass is 32.2. The van der Waals surface area contributed by atoms with Gasteiger partial charge in [0.2, 0.25) is 15.9 Å². The minimum Gasteiger partial charge on any atom is -0.484 e. The summed E-state index contributed by atoms with van der Waals surface area (Å²) in [5.41, 5.74) is 0.556. The Morgan fingerprint density at radius 3 is 2.30 bits per heavy atom. The van der Waals surface area contributed by atoms with Crippen LogP contribution in [0.25, 0.3) is 0 Å². The van der Waals surface area contributed by atoms with E-state index in [0.29, 0.717) is 11.4 Å². The second-order valence-electron chi connectivity index (χ2n) is 5.07. The van der Waals surface area contributed by atoms with Gasteiger partial charge in [0.05, 0.1) is 6.26 Å². The molecule has 8 nitrogen and oxygen atoms in total. The first-order valence-electron chi connectivity index (χ1n) is 6.85. The van der Waals surface area contributed by atoms with E-state index in [9.17, 15) is 18.0 Å². The molecular formula is C14H21N3O5S. The van der Waals surface area contributed by atoms with E-state index >= 15 is 0 Å². The minimum atomic E-state index is -3.30. The van der Waals surface area contributed by atoms with Crippen molar-refractivity contribution in [2.24, 2.45) is 0 Å². The number of hydrogen-bond acceptors (Lipinski definition) is 5. The summed E-state index contributed by atoms with van der Waals surface area (Å²) < 4.78 is 29.3. The smallest absolute Gasteiger partial charge is 0.259 e. The molecule has 1 aromatic carbocycles. The molecule has 0 atom stereocenters. The summed E-state index contributed by atoms with van der Waals surface area (Å²) in [7, 11) is -0.0117. The molecule has 128 valence electrons. The maximum absolute atomic E-state index is 11.6. The molecule has 0 bridgehead atoms. The van der Waals surface area contributed by atoms with Crippen LogP contribution in [0.1, 0.15) is 6.42 Å². The lowest BCUT2D eigenvalue weighted by molar-refractivity contribution is -0.130. The molecule has 1 aromatic rings. The van der Waals surface area contributed by atoms with Gasteiger partial charge in [-0.25, -0.2) is 13.1 Å². The first-order chi connectivity index (χ1) is 10.7. The van der Waals surface area contributed by atoms with Crippen molar-refractivity contribution in [3.05, 3.63) is 24.3 Å². The van der Waals surface area contributed by atoms with Crippen LogP contribution < -0.4 is 14.8 Å². The molecule has 0 radical (unpaired) electrons. The number of carbonyl (C=O) groups excluding carboxylic acids is 2. The summed E-state index contributed by atoms with van der Waals surface area (Å²) in [5, 5.41) is 2.63. The zero-order chi connectivity index (χ0) is 17.5. The zero-order valence-electron chi connectivity index (χ0n) is 13.3. The number of hydrogen-bond donors (Lipinski definition) is 2. The van der Waals surface area contributed by atoms with Crippen molar-refractivity contribution >= 4 is 27.5 Å². The monoisotopic (exact) mass is 343 g/mol. The number of nitrogens with zero attached hydrogens (tertiary/aromatic N) is 1. The van der Waals surface area contributed by atoms with Crippen molar-refractivity contribution in [1.29, 1.82) is 0 Å². The third kappa shape index (κ3) is 8.17. The van der Waals surface area contributed by atoms with Crippen LogP contribution in [-0.2, 0) is 19.6 Å². The summed E-state index contributed by atoms with van der Waals surface area (Å²) in [5.74, 6) is 0.0512. The van der Waals surface area contributed by atoms with Crippen LogP contribution in [0.3, 0.4) is 0 Å². The van der Waals surface area contributed by atoms with Crippen molar-refractivity contribution < 1.29 is 22.7 Å². The minimum absolute atomic E-state index is 0.0304. The second kappa shape index (κ2) is 8.49. The summed E-state index contributed by atoms with van der Waals surface area (Å²) in [6, 6.07) is 6.54. The van der Waals surface area contributed by atoms with E-state index in [4.69, 9.17) is 4.74 Å². The fourth-order valence-electron chi connectivity index (χ4n) is 1.48. The van der Waals surface area contributed by atoms with Crippen LogP contribution in [0.15, 0.2) is 24.3 Å². The fourth-order valence-corrected chi connectivity index (χ4v) is 1.95. The Hall–Kier alpha value is -2.13. The van der Waals surface area contributed by atoms with E-state index in [2.05, 4.69) is 10.0 Å². The number of sulfonamides is 1. The van der Waals surface area contributed by atoms with Crippen molar-refractivity contribution in [3.8, 4) is 5.75 Å². The van der Waals surface area contributed by atoms with Gasteiger partial charge in [-0.2, -0.15) is 0 Å². The fraction of sp³-hybridized carbons (Fsp3) is 0.429. The third-order valence-electron chi connectivity index (χ3n) is 2.72. The molecule has 0 aliphatic rings. The maximum Gasteiger partial charge on any atom is 0.259 e. The number of likely N-dealkylation sites (N-methyl/N-ethyl adjacent to an activating group) is 1. The number of benzene rings is 1. The van der Waals surface area contributed by atoms with Gasteiger partial charge in [0, 0.05) is 32.7 Å². The van der Waals surface area contributed by atoms with E-state index in [-0.39, 0.29) is 31.4 Å². The topological polar surface area (TPSA) is 105 Å². The predicted octanol–water partition coefficient (Wildman–Crippen LogP) is 0.0314. The molecule has 0 spiro atoms.